The summed E-state index contributed by atoms with van der Waals surface area (Å²) in [5, 5.41) is 2.71. The maximum atomic E-state index is 12.1. The van der Waals surface area contributed by atoms with Crippen LogP contribution in [-0.2, 0) is 9.53 Å². The van der Waals surface area contributed by atoms with Gasteiger partial charge in [0.25, 0.3) is 5.91 Å². The molecule has 0 heterocycles. The van der Waals surface area contributed by atoms with Gasteiger partial charge in [-0.3, -0.25) is 4.79 Å². The predicted molar refractivity (Wildman–Crippen MR) is 92.6 cm³/mol. The molecule has 5 heteroatoms. The number of esters is 1. The first kappa shape index (κ1) is 17.5. The van der Waals surface area contributed by atoms with E-state index in [-0.39, 0.29) is 12.5 Å². The monoisotopic (exact) mass is 327 g/mol. The van der Waals surface area contributed by atoms with E-state index in [1.807, 2.05) is 26.8 Å². The minimum atomic E-state index is -0.451. The van der Waals surface area contributed by atoms with Gasteiger partial charge in [-0.25, -0.2) is 4.79 Å². The number of hydrogen-bond acceptors (Lipinski definition) is 4. The van der Waals surface area contributed by atoms with Crippen LogP contribution in [0.15, 0.2) is 36.4 Å². The van der Waals surface area contributed by atoms with E-state index in [2.05, 4.69) is 16.1 Å². The molecule has 0 aromatic heterocycles. The van der Waals surface area contributed by atoms with E-state index < -0.39 is 5.97 Å². The maximum Gasteiger partial charge on any atom is 0.337 e. The predicted octanol–water partition coefficient (Wildman–Crippen LogP) is 3.42. The number of aryl methyl sites for hydroxylation is 2. The van der Waals surface area contributed by atoms with Gasteiger partial charge in [-0.2, -0.15) is 0 Å². The normalized spacial score (nSPS) is 10.2. The number of nitrogens with one attached hydrogen (secondary N) is 1. The molecule has 2 aromatic rings. The van der Waals surface area contributed by atoms with Gasteiger partial charge in [0.05, 0.1) is 12.7 Å². The van der Waals surface area contributed by atoms with Crippen molar-refractivity contribution in [1.82, 2.24) is 0 Å². The van der Waals surface area contributed by atoms with Gasteiger partial charge in [-0.15, -0.1) is 0 Å². The highest BCUT2D eigenvalue weighted by atomic mass is 16.5. The van der Waals surface area contributed by atoms with Crippen LogP contribution in [0.4, 0.5) is 5.69 Å². The largest absolute Gasteiger partial charge is 0.483 e. The van der Waals surface area contributed by atoms with Gasteiger partial charge in [0.1, 0.15) is 5.75 Å². The summed E-state index contributed by atoms with van der Waals surface area (Å²) in [4.78, 5) is 23.6. The lowest BCUT2D eigenvalue weighted by atomic mass is 10.1. The number of carbonyl (C=O) groups is 2. The lowest BCUT2D eigenvalue weighted by Gasteiger charge is -2.12. The quantitative estimate of drug-likeness (QED) is 0.855. The van der Waals surface area contributed by atoms with Crippen LogP contribution in [0.2, 0.25) is 0 Å². The Balaban J connectivity index is 2.01. The summed E-state index contributed by atoms with van der Waals surface area (Å²) in [5.41, 5.74) is 4.11. The fourth-order valence-corrected chi connectivity index (χ4v) is 2.33. The van der Waals surface area contributed by atoms with Crippen molar-refractivity contribution in [2.45, 2.75) is 20.8 Å². The fourth-order valence-electron chi connectivity index (χ4n) is 2.33. The standard InChI is InChI=1S/C19H21NO4/c1-12-8-13(2)14(3)17(9-12)24-11-18(21)20-16-7-5-6-15(10-16)19(22)23-4/h5-10H,11H2,1-4H3,(H,20,21). The molecule has 0 aliphatic rings. The molecule has 0 saturated carbocycles. The summed E-state index contributed by atoms with van der Waals surface area (Å²) in [7, 11) is 1.31. The Hall–Kier alpha value is -2.82. The smallest absolute Gasteiger partial charge is 0.337 e. The van der Waals surface area contributed by atoms with Crippen molar-refractivity contribution in [1.29, 1.82) is 0 Å². The van der Waals surface area contributed by atoms with Crippen LogP contribution >= 0.6 is 0 Å². The van der Waals surface area contributed by atoms with Gasteiger partial charge in [0.15, 0.2) is 6.61 Å². The van der Waals surface area contributed by atoms with Crippen LogP contribution in [0.3, 0.4) is 0 Å². The third kappa shape index (κ3) is 4.35. The van der Waals surface area contributed by atoms with Crippen molar-refractivity contribution in [3.63, 3.8) is 0 Å². The molecule has 0 unspecified atom stereocenters. The Bertz CT molecular complexity index is 768. The molecule has 0 saturated heterocycles. The maximum absolute atomic E-state index is 12.1. The fraction of sp³-hybridized carbons (Fsp3) is 0.263. The third-order valence-electron chi connectivity index (χ3n) is 3.69. The zero-order valence-corrected chi connectivity index (χ0v) is 14.3. The Morgan fingerprint density at radius 3 is 2.54 bits per heavy atom. The first-order valence-corrected chi connectivity index (χ1v) is 7.59. The molecule has 0 radical (unpaired) electrons. The number of hydrogen-bond donors (Lipinski definition) is 1. The second-order valence-corrected chi connectivity index (χ2v) is 5.61. The molecule has 0 fully saturated rings. The first-order valence-electron chi connectivity index (χ1n) is 7.59. The van der Waals surface area contributed by atoms with E-state index in [1.165, 1.54) is 7.11 Å². The van der Waals surface area contributed by atoms with Gasteiger partial charge in [-0.05, 0) is 61.7 Å². The SMILES string of the molecule is COC(=O)c1cccc(NC(=O)COc2cc(C)cc(C)c2C)c1. The molecule has 2 aromatic carbocycles. The van der Waals surface area contributed by atoms with Crippen molar-refractivity contribution in [3.05, 3.63) is 58.7 Å². The molecule has 0 spiro atoms. The van der Waals surface area contributed by atoms with E-state index >= 15 is 0 Å². The van der Waals surface area contributed by atoms with E-state index in [1.54, 1.807) is 24.3 Å². The lowest BCUT2D eigenvalue weighted by Crippen LogP contribution is -2.20. The zero-order chi connectivity index (χ0) is 17.7. The Labute approximate surface area is 141 Å². The van der Waals surface area contributed by atoms with Gasteiger partial charge >= 0.3 is 5.97 Å². The van der Waals surface area contributed by atoms with Crippen molar-refractivity contribution < 1.29 is 19.1 Å². The molecule has 24 heavy (non-hydrogen) atoms. The summed E-state index contributed by atoms with van der Waals surface area (Å²) in [6.07, 6.45) is 0. The molecule has 2 rings (SSSR count). The van der Waals surface area contributed by atoms with Gasteiger partial charge < -0.3 is 14.8 Å². The summed E-state index contributed by atoms with van der Waals surface area (Å²) >= 11 is 0. The van der Waals surface area contributed by atoms with Crippen LogP contribution < -0.4 is 10.1 Å². The number of benzene rings is 2. The van der Waals surface area contributed by atoms with Crippen LogP contribution in [-0.4, -0.2) is 25.6 Å². The van der Waals surface area contributed by atoms with E-state index in [0.717, 1.165) is 16.7 Å². The molecule has 126 valence electrons. The highest BCUT2D eigenvalue weighted by Gasteiger charge is 2.10. The minimum Gasteiger partial charge on any atom is -0.483 e. The zero-order valence-electron chi connectivity index (χ0n) is 14.3. The summed E-state index contributed by atoms with van der Waals surface area (Å²) in [6, 6.07) is 10.5. The molecule has 0 aliphatic carbocycles. The summed E-state index contributed by atoms with van der Waals surface area (Å²) in [6.45, 7) is 5.85. The molecule has 0 aliphatic heterocycles. The number of ether oxygens (including phenoxy) is 2. The Morgan fingerprint density at radius 1 is 1.08 bits per heavy atom. The lowest BCUT2D eigenvalue weighted by molar-refractivity contribution is -0.118. The average molecular weight is 327 g/mol. The first-order chi connectivity index (χ1) is 11.4. The molecule has 1 amide bonds. The molecule has 5 nitrogen and oxygen atoms in total. The topological polar surface area (TPSA) is 64.6 Å². The van der Waals surface area contributed by atoms with Crippen molar-refractivity contribution in [2.75, 3.05) is 19.0 Å². The van der Waals surface area contributed by atoms with E-state index in [9.17, 15) is 9.59 Å². The number of methoxy groups -OCH3 is 1. The van der Waals surface area contributed by atoms with Crippen molar-refractivity contribution >= 4 is 17.6 Å². The van der Waals surface area contributed by atoms with E-state index in [4.69, 9.17) is 4.74 Å². The molecule has 0 atom stereocenters. The van der Waals surface area contributed by atoms with Crippen LogP contribution in [0, 0.1) is 20.8 Å². The van der Waals surface area contributed by atoms with Crippen LogP contribution in [0.1, 0.15) is 27.0 Å². The van der Waals surface area contributed by atoms with Crippen LogP contribution in [0.5, 0.6) is 5.75 Å². The molecular weight excluding hydrogens is 306 g/mol. The highest BCUT2D eigenvalue weighted by Crippen LogP contribution is 2.23. The summed E-state index contributed by atoms with van der Waals surface area (Å²) in [5.74, 6) is -0.0465. The second kappa shape index (κ2) is 7.64. The van der Waals surface area contributed by atoms with Crippen LogP contribution in [0.25, 0.3) is 0 Å². The van der Waals surface area contributed by atoms with Gasteiger partial charge in [0, 0.05) is 5.69 Å². The summed E-state index contributed by atoms with van der Waals surface area (Å²) < 4.78 is 10.3. The molecular formula is C19H21NO4. The van der Waals surface area contributed by atoms with Crippen molar-refractivity contribution in [2.24, 2.45) is 0 Å². The molecule has 1 N–H and O–H groups in total. The van der Waals surface area contributed by atoms with Crippen molar-refractivity contribution in [3.8, 4) is 5.75 Å². The van der Waals surface area contributed by atoms with E-state index in [0.29, 0.717) is 17.0 Å². The van der Waals surface area contributed by atoms with Gasteiger partial charge in [-0.1, -0.05) is 12.1 Å². The number of rotatable bonds is 5. The highest BCUT2D eigenvalue weighted by molar-refractivity contribution is 5.95. The second-order valence-electron chi connectivity index (χ2n) is 5.61. The number of carbonyl (C=O) groups excluding carboxylic acids is 2. The third-order valence-corrected chi connectivity index (χ3v) is 3.69. The number of amides is 1. The minimum absolute atomic E-state index is 0.105. The molecule has 0 bridgehead atoms. The van der Waals surface area contributed by atoms with Gasteiger partial charge in [0.2, 0.25) is 0 Å². The number of anilines is 1. The Kier molecular flexibility index (Phi) is 5.58. The average Bonchev–Trinajstić information content (AvgIpc) is 2.56. The Morgan fingerprint density at radius 2 is 1.83 bits per heavy atom.